The third kappa shape index (κ3) is 3.02. The van der Waals surface area contributed by atoms with Crippen LogP contribution in [0, 0.1) is 0 Å². The fourth-order valence-electron chi connectivity index (χ4n) is 1.73. The number of halogens is 1. The zero-order valence-electron chi connectivity index (χ0n) is 11.7. The van der Waals surface area contributed by atoms with Crippen molar-refractivity contribution in [1.29, 1.82) is 0 Å². The second-order valence-corrected chi connectivity index (χ2v) is 5.59. The maximum Gasteiger partial charge on any atom is 0.273 e. The van der Waals surface area contributed by atoms with Gasteiger partial charge in [0.2, 0.25) is 5.88 Å². The van der Waals surface area contributed by atoms with Gasteiger partial charge in [-0.2, -0.15) is 0 Å². The van der Waals surface area contributed by atoms with E-state index in [4.69, 9.17) is 16.3 Å². The highest BCUT2D eigenvalue weighted by atomic mass is 35.5. The van der Waals surface area contributed by atoms with Gasteiger partial charge in [-0.1, -0.05) is 44.5 Å². The Labute approximate surface area is 122 Å². The van der Waals surface area contributed by atoms with Crippen LogP contribution >= 0.6 is 11.6 Å². The Morgan fingerprint density at radius 2 is 1.95 bits per heavy atom. The lowest BCUT2D eigenvalue weighted by Gasteiger charge is -2.23. The van der Waals surface area contributed by atoms with Gasteiger partial charge >= 0.3 is 0 Å². The van der Waals surface area contributed by atoms with E-state index < -0.39 is 5.56 Å². The summed E-state index contributed by atoms with van der Waals surface area (Å²) in [5, 5.41) is -0.0505. The minimum Gasteiger partial charge on any atom is -0.437 e. The van der Waals surface area contributed by atoms with Gasteiger partial charge in [-0.3, -0.25) is 4.79 Å². The zero-order valence-corrected chi connectivity index (χ0v) is 12.5. The number of H-pyrrole nitrogens is 1. The highest BCUT2D eigenvalue weighted by molar-refractivity contribution is 6.31. The summed E-state index contributed by atoms with van der Waals surface area (Å²) in [7, 11) is 0. The molecule has 1 heterocycles. The lowest BCUT2D eigenvalue weighted by molar-refractivity contribution is 0.458. The monoisotopic (exact) mass is 292 g/mol. The first kappa shape index (κ1) is 14.6. The van der Waals surface area contributed by atoms with Crippen LogP contribution in [-0.4, -0.2) is 9.97 Å². The number of nitrogens with one attached hydrogen (secondary N) is 1. The molecule has 0 aliphatic rings. The van der Waals surface area contributed by atoms with Gasteiger partial charge in [0.25, 0.3) is 5.56 Å². The molecule has 0 spiro atoms. The summed E-state index contributed by atoms with van der Waals surface area (Å²) in [4.78, 5) is 17.6. The molecule has 0 aliphatic heterocycles. The minimum atomic E-state index is -0.416. The SMILES string of the molecule is CCC(C)(C)c1ccc(Oc2nc[nH]c(=O)c2Cl)cc1. The second-order valence-electron chi connectivity index (χ2n) is 5.21. The van der Waals surface area contributed by atoms with E-state index in [9.17, 15) is 4.79 Å². The summed E-state index contributed by atoms with van der Waals surface area (Å²) < 4.78 is 5.53. The van der Waals surface area contributed by atoms with E-state index in [1.54, 1.807) is 0 Å². The van der Waals surface area contributed by atoms with Crippen LogP contribution in [0.2, 0.25) is 5.02 Å². The molecule has 5 heteroatoms. The molecular weight excluding hydrogens is 276 g/mol. The first-order valence-electron chi connectivity index (χ1n) is 6.45. The third-order valence-corrected chi connectivity index (χ3v) is 3.83. The van der Waals surface area contributed by atoms with E-state index in [0.29, 0.717) is 5.75 Å². The van der Waals surface area contributed by atoms with E-state index in [2.05, 4.69) is 30.7 Å². The highest BCUT2D eigenvalue weighted by Gasteiger charge is 2.17. The molecular formula is C15H17ClN2O2. The maximum absolute atomic E-state index is 11.3. The van der Waals surface area contributed by atoms with Gasteiger partial charge in [0, 0.05) is 0 Å². The normalized spacial score (nSPS) is 11.4. The van der Waals surface area contributed by atoms with Crippen molar-refractivity contribution in [2.24, 2.45) is 0 Å². The summed E-state index contributed by atoms with van der Waals surface area (Å²) in [5.41, 5.74) is 0.941. The number of hydrogen-bond acceptors (Lipinski definition) is 3. The predicted octanol–water partition coefficient (Wildman–Crippen LogP) is 3.90. The van der Waals surface area contributed by atoms with Crippen LogP contribution in [0.3, 0.4) is 0 Å². The number of rotatable bonds is 4. The maximum atomic E-state index is 11.3. The molecule has 0 saturated carbocycles. The van der Waals surface area contributed by atoms with E-state index in [-0.39, 0.29) is 16.3 Å². The van der Waals surface area contributed by atoms with E-state index in [1.807, 2.05) is 24.3 Å². The minimum absolute atomic E-state index is 0.0505. The standard InChI is InChI=1S/C15H17ClN2O2/c1-4-15(2,3)10-5-7-11(8-6-10)20-14-12(16)13(19)17-9-18-14/h5-9H,4H2,1-3H3,(H,17,18,19). The van der Waals surface area contributed by atoms with Crippen molar-refractivity contribution in [2.75, 3.05) is 0 Å². The van der Waals surface area contributed by atoms with Crippen molar-refractivity contribution in [2.45, 2.75) is 32.6 Å². The van der Waals surface area contributed by atoms with Gasteiger partial charge in [0.15, 0.2) is 5.02 Å². The van der Waals surface area contributed by atoms with Crippen molar-refractivity contribution >= 4 is 11.6 Å². The summed E-state index contributed by atoms with van der Waals surface area (Å²) >= 11 is 5.84. The smallest absolute Gasteiger partial charge is 0.273 e. The molecule has 1 aromatic heterocycles. The average Bonchev–Trinajstić information content (AvgIpc) is 2.44. The van der Waals surface area contributed by atoms with Crippen LogP contribution in [0.25, 0.3) is 0 Å². The summed E-state index contributed by atoms with van der Waals surface area (Å²) in [6, 6.07) is 7.73. The Hall–Kier alpha value is -1.81. The Morgan fingerprint density at radius 3 is 2.55 bits per heavy atom. The number of ether oxygens (including phenoxy) is 1. The van der Waals surface area contributed by atoms with Gasteiger partial charge in [-0.25, -0.2) is 4.98 Å². The predicted molar refractivity (Wildman–Crippen MR) is 79.7 cm³/mol. The molecule has 0 bridgehead atoms. The number of benzene rings is 1. The van der Waals surface area contributed by atoms with Crippen LogP contribution < -0.4 is 10.3 Å². The fraction of sp³-hybridized carbons (Fsp3) is 0.333. The molecule has 1 N–H and O–H groups in total. The van der Waals surface area contributed by atoms with Crippen molar-refractivity contribution < 1.29 is 4.74 Å². The Kier molecular flexibility index (Phi) is 4.14. The Morgan fingerprint density at radius 1 is 1.30 bits per heavy atom. The van der Waals surface area contributed by atoms with E-state index in [1.165, 1.54) is 11.9 Å². The van der Waals surface area contributed by atoms with Gasteiger partial charge in [0.05, 0.1) is 6.33 Å². The molecule has 1 aromatic carbocycles. The van der Waals surface area contributed by atoms with Gasteiger partial charge in [-0.05, 0) is 29.5 Å². The second kappa shape index (κ2) is 5.67. The van der Waals surface area contributed by atoms with Crippen LogP contribution in [0.15, 0.2) is 35.4 Å². The van der Waals surface area contributed by atoms with Crippen molar-refractivity contribution in [3.63, 3.8) is 0 Å². The lowest BCUT2D eigenvalue weighted by atomic mass is 9.82. The summed E-state index contributed by atoms with van der Waals surface area (Å²) in [6.45, 7) is 6.54. The molecule has 0 fully saturated rings. The number of aromatic nitrogens is 2. The van der Waals surface area contributed by atoms with Crippen LogP contribution in [0.1, 0.15) is 32.8 Å². The van der Waals surface area contributed by atoms with Crippen LogP contribution in [0.4, 0.5) is 0 Å². The molecule has 2 rings (SSSR count). The van der Waals surface area contributed by atoms with Crippen molar-refractivity contribution in [3.05, 3.63) is 51.5 Å². The van der Waals surface area contributed by atoms with Crippen LogP contribution in [0.5, 0.6) is 11.6 Å². The van der Waals surface area contributed by atoms with Crippen molar-refractivity contribution in [1.82, 2.24) is 9.97 Å². The number of nitrogens with zero attached hydrogens (tertiary/aromatic N) is 1. The van der Waals surface area contributed by atoms with Gasteiger partial charge in [-0.15, -0.1) is 0 Å². The molecule has 0 saturated heterocycles. The molecule has 0 unspecified atom stereocenters. The lowest BCUT2D eigenvalue weighted by Crippen LogP contribution is -2.15. The van der Waals surface area contributed by atoms with E-state index in [0.717, 1.165) is 6.42 Å². The van der Waals surface area contributed by atoms with Gasteiger partial charge < -0.3 is 9.72 Å². The largest absolute Gasteiger partial charge is 0.437 e. The van der Waals surface area contributed by atoms with E-state index >= 15 is 0 Å². The highest BCUT2D eigenvalue weighted by Crippen LogP contribution is 2.30. The molecule has 0 aliphatic carbocycles. The molecule has 0 radical (unpaired) electrons. The molecule has 2 aromatic rings. The van der Waals surface area contributed by atoms with Crippen molar-refractivity contribution in [3.8, 4) is 11.6 Å². The summed E-state index contributed by atoms with van der Waals surface area (Å²) in [6.07, 6.45) is 2.31. The number of aromatic amines is 1. The third-order valence-electron chi connectivity index (χ3n) is 3.50. The molecule has 0 atom stereocenters. The zero-order chi connectivity index (χ0) is 14.8. The topological polar surface area (TPSA) is 55.0 Å². The van der Waals surface area contributed by atoms with Gasteiger partial charge in [0.1, 0.15) is 5.75 Å². The first-order chi connectivity index (χ1) is 9.44. The quantitative estimate of drug-likeness (QED) is 0.929. The Bertz CT molecular complexity index is 648. The molecule has 20 heavy (non-hydrogen) atoms. The van der Waals surface area contributed by atoms with Crippen LogP contribution in [-0.2, 0) is 5.41 Å². The first-order valence-corrected chi connectivity index (χ1v) is 6.83. The average molecular weight is 293 g/mol. The Balaban J connectivity index is 2.23. The molecule has 0 amide bonds. The summed E-state index contributed by atoms with van der Waals surface area (Å²) in [5.74, 6) is 0.707. The molecule has 4 nitrogen and oxygen atoms in total. The number of hydrogen-bond donors (Lipinski definition) is 1. The fourth-order valence-corrected chi connectivity index (χ4v) is 1.87. The molecule has 106 valence electrons.